The molecule has 0 N–H and O–H groups in total. The van der Waals surface area contributed by atoms with E-state index < -0.39 is 0 Å². The van der Waals surface area contributed by atoms with Gasteiger partial charge in [-0.05, 0) is 23.8 Å². The van der Waals surface area contributed by atoms with Crippen LogP contribution in [-0.2, 0) is 0 Å². The molecule has 0 saturated heterocycles. The van der Waals surface area contributed by atoms with Gasteiger partial charge in [-0.3, -0.25) is 0 Å². The lowest BCUT2D eigenvalue weighted by Gasteiger charge is -2.17. The SMILES string of the molecule is C=C1C=CC=CC1Oc1ccccc1. The maximum Gasteiger partial charge on any atom is 0.142 e. The molecule has 1 atom stereocenters. The second-order valence-electron chi connectivity index (χ2n) is 3.17. The van der Waals surface area contributed by atoms with Gasteiger partial charge in [0.25, 0.3) is 0 Å². The van der Waals surface area contributed by atoms with Gasteiger partial charge in [-0.1, -0.05) is 43.0 Å². The predicted octanol–water partition coefficient (Wildman–Crippen LogP) is 3.12. The van der Waals surface area contributed by atoms with E-state index in [2.05, 4.69) is 6.58 Å². The minimum atomic E-state index is -0.0256. The van der Waals surface area contributed by atoms with Crippen molar-refractivity contribution >= 4 is 0 Å². The van der Waals surface area contributed by atoms with Gasteiger partial charge in [0.1, 0.15) is 11.9 Å². The summed E-state index contributed by atoms with van der Waals surface area (Å²) in [4.78, 5) is 0. The molecule has 1 aromatic rings. The van der Waals surface area contributed by atoms with Crippen molar-refractivity contribution in [3.63, 3.8) is 0 Å². The van der Waals surface area contributed by atoms with Crippen LogP contribution in [-0.4, -0.2) is 6.10 Å². The lowest BCUT2D eigenvalue weighted by Crippen LogP contribution is -2.16. The average molecular weight is 184 g/mol. The Kier molecular flexibility index (Phi) is 2.50. The highest BCUT2D eigenvalue weighted by atomic mass is 16.5. The van der Waals surface area contributed by atoms with E-state index in [0.717, 1.165) is 11.3 Å². The van der Waals surface area contributed by atoms with Gasteiger partial charge in [0.05, 0.1) is 0 Å². The van der Waals surface area contributed by atoms with Crippen molar-refractivity contribution < 1.29 is 4.74 Å². The highest BCUT2D eigenvalue weighted by Crippen LogP contribution is 2.18. The molecular formula is C13H12O. The first-order valence-corrected chi connectivity index (χ1v) is 4.61. The lowest BCUT2D eigenvalue weighted by atomic mass is 10.1. The number of allylic oxidation sites excluding steroid dienone is 2. The highest BCUT2D eigenvalue weighted by molar-refractivity contribution is 5.34. The average Bonchev–Trinajstić information content (AvgIpc) is 2.23. The monoisotopic (exact) mass is 184 g/mol. The number of ether oxygens (including phenoxy) is 1. The molecule has 1 aliphatic carbocycles. The molecule has 0 aromatic heterocycles. The minimum absolute atomic E-state index is 0.0256. The van der Waals surface area contributed by atoms with Crippen molar-refractivity contribution in [3.8, 4) is 5.75 Å². The van der Waals surface area contributed by atoms with E-state index in [-0.39, 0.29) is 6.10 Å². The molecule has 1 aliphatic rings. The summed E-state index contributed by atoms with van der Waals surface area (Å²) in [6.45, 7) is 3.93. The standard InChI is InChI=1S/C13H12O/c1-11-7-5-6-10-13(11)14-12-8-3-2-4-9-12/h2-10,13H,1H2. The zero-order valence-electron chi connectivity index (χ0n) is 7.89. The molecule has 0 spiro atoms. The maximum atomic E-state index is 5.73. The van der Waals surface area contributed by atoms with Gasteiger partial charge in [0.15, 0.2) is 0 Å². The molecular weight excluding hydrogens is 172 g/mol. The third-order valence-corrected chi connectivity index (χ3v) is 2.08. The van der Waals surface area contributed by atoms with E-state index in [1.54, 1.807) is 0 Å². The Morgan fingerprint density at radius 3 is 2.57 bits per heavy atom. The smallest absolute Gasteiger partial charge is 0.142 e. The molecule has 0 saturated carbocycles. The molecule has 0 radical (unpaired) electrons. The van der Waals surface area contributed by atoms with Crippen LogP contribution in [0.25, 0.3) is 0 Å². The Morgan fingerprint density at radius 1 is 1.07 bits per heavy atom. The maximum absolute atomic E-state index is 5.73. The van der Waals surface area contributed by atoms with E-state index >= 15 is 0 Å². The molecule has 1 nitrogen and oxygen atoms in total. The number of rotatable bonds is 2. The van der Waals surface area contributed by atoms with Gasteiger partial charge < -0.3 is 4.74 Å². The van der Waals surface area contributed by atoms with Crippen molar-refractivity contribution in [2.75, 3.05) is 0 Å². The van der Waals surface area contributed by atoms with Gasteiger partial charge in [-0.2, -0.15) is 0 Å². The normalized spacial score (nSPS) is 19.7. The van der Waals surface area contributed by atoms with Crippen LogP contribution >= 0.6 is 0 Å². The zero-order valence-corrected chi connectivity index (χ0v) is 7.89. The van der Waals surface area contributed by atoms with Crippen LogP contribution < -0.4 is 4.74 Å². The van der Waals surface area contributed by atoms with E-state index in [4.69, 9.17) is 4.74 Å². The van der Waals surface area contributed by atoms with Crippen molar-refractivity contribution in [3.05, 3.63) is 66.8 Å². The van der Waals surface area contributed by atoms with Crippen LogP contribution in [0, 0.1) is 0 Å². The van der Waals surface area contributed by atoms with Crippen molar-refractivity contribution in [2.24, 2.45) is 0 Å². The fraction of sp³-hybridized carbons (Fsp3) is 0.0769. The molecule has 0 amide bonds. The van der Waals surface area contributed by atoms with Crippen molar-refractivity contribution in [1.29, 1.82) is 0 Å². The molecule has 1 aromatic carbocycles. The van der Waals surface area contributed by atoms with Crippen LogP contribution in [0.1, 0.15) is 0 Å². The minimum Gasteiger partial charge on any atom is -0.482 e. The fourth-order valence-corrected chi connectivity index (χ4v) is 1.32. The van der Waals surface area contributed by atoms with E-state index in [0.29, 0.717) is 0 Å². The topological polar surface area (TPSA) is 9.23 Å². The summed E-state index contributed by atoms with van der Waals surface area (Å²) in [5.74, 6) is 0.874. The molecule has 2 rings (SSSR count). The van der Waals surface area contributed by atoms with Crippen molar-refractivity contribution in [2.45, 2.75) is 6.10 Å². The largest absolute Gasteiger partial charge is 0.482 e. The Morgan fingerprint density at radius 2 is 1.86 bits per heavy atom. The quantitative estimate of drug-likeness (QED) is 0.686. The van der Waals surface area contributed by atoms with E-state index in [1.807, 2.05) is 54.6 Å². The number of para-hydroxylation sites is 1. The fourth-order valence-electron chi connectivity index (χ4n) is 1.32. The third kappa shape index (κ3) is 1.94. The van der Waals surface area contributed by atoms with Gasteiger partial charge in [0, 0.05) is 0 Å². The van der Waals surface area contributed by atoms with Crippen molar-refractivity contribution in [1.82, 2.24) is 0 Å². The first kappa shape index (κ1) is 8.82. The van der Waals surface area contributed by atoms with Gasteiger partial charge in [-0.15, -0.1) is 0 Å². The molecule has 0 bridgehead atoms. The summed E-state index contributed by atoms with van der Waals surface area (Å²) < 4.78 is 5.73. The predicted molar refractivity (Wildman–Crippen MR) is 58.3 cm³/mol. The van der Waals surface area contributed by atoms with Gasteiger partial charge >= 0.3 is 0 Å². The summed E-state index contributed by atoms with van der Waals surface area (Å²) in [6, 6.07) is 9.78. The van der Waals surface area contributed by atoms with Crippen LogP contribution in [0.2, 0.25) is 0 Å². The summed E-state index contributed by atoms with van der Waals surface area (Å²) >= 11 is 0. The van der Waals surface area contributed by atoms with Crippen LogP contribution in [0.15, 0.2) is 66.8 Å². The molecule has 0 heterocycles. The molecule has 0 aliphatic heterocycles. The van der Waals surface area contributed by atoms with Crippen LogP contribution in [0.4, 0.5) is 0 Å². The Labute approximate surface area is 84.0 Å². The summed E-state index contributed by atoms with van der Waals surface area (Å²) in [5.41, 5.74) is 0.983. The van der Waals surface area contributed by atoms with Crippen LogP contribution in [0.5, 0.6) is 5.75 Å². The first-order chi connectivity index (χ1) is 6.86. The number of hydrogen-bond donors (Lipinski definition) is 0. The third-order valence-electron chi connectivity index (χ3n) is 2.08. The molecule has 1 unspecified atom stereocenters. The summed E-state index contributed by atoms with van der Waals surface area (Å²) in [5, 5.41) is 0. The van der Waals surface area contributed by atoms with E-state index in [9.17, 15) is 0 Å². The lowest BCUT2D eigenvalue weighted by molar-refractivity contribution is 0.287. The zero-order chi connectivity index (χ0) is 9.80. The first-order valence-electron chi connectivity index (χ1n) is 4.61. The second-order valence-corrected chi connectivity index (χ2v) is 3.17. The Balaban J connectivity index is 2.09. The summed E-state index contributed by atoms with van der Waals surface area (Å²) in [6.07, 6.45) is 7.88. The molecule has 70 valence electrons. The Hall–Kier alpha value is -1.76. The molecule has 1 heteroatoms. The molecule has 0 fully saturated rings. The summed E-state index contributed by atoms with van der Waals surface area (Å²) in [7, 11) is 0. The molecule has 14 heavy (non-hydrogen) atoms. The number of hydrogen-bond acceptors (Lipinski definition) is 1. The number of benzene rings is 1. The highest BCUT2D eigenvalue weighted by Gasteiger charge is 2.10. The van der Waals surface area contributed by atoms with E-state index in [1.165, 1.54) is 0 Å². The Bertz CT molecular complexity index is 373. The van der Waals surface area contributed by atoms with Gasteiger partial charge in [-0.25, -0.2) is 0 Å². The second kappa shape index (κ2) is 3.97. The van der Waals surface area contributed by atoms with Crippen LogP contribution in [0.3, 0.4) is 0 Å². The van der Waals surface area contributed by atoms with Gasteiger partial charge in [0.2, 0.25) is 0 Å².